The summed E-state index contributed by atoms with van der Waals surface area (Å²) in [7, 11) is 0. The van der Waals surface area contributed by atoms with Crippen LogP contribution in [0.4, 0.5) is 4.79 Å². The van der Waals surface area contributed by atoms with Crippen LogP contribution in [-0.2, 0) is 23.9 Å². The van der Waals surface area contributed by atoms with Crippen LogP contribution in [0.1, 0.15) is 99.8 Å². The second-order valence-corrected chi connectivity index (χ2v) is 15.3. The van der Waals surface area contributed by atoms with E-state index in [-0.39, 0.29) is 40.4 Å². The van der Waals surface area contributed by atoms with Gasteiger partial charge in [0.2, 0.25) is 17.6 Å². The van der Waals surface area contributed by atoms with Crippen molar-refractivity contribution in [1.82, 2.24) is 15.5 Å². The number of carbonyl (C=O) groups is 5. The number of amides is 4. The van der Waals surface area contributed by atoms with Crippen molar-refractivity contribution in [1.29, 1.82) is 0 Å². The summed E-state index contributed by atoms with van der Waals surface area (Å²) in [5.41, 5.74) is 4.63. The van der Waals surface area contributed by atoms with Crippen LogP contribution in [0.2, 0.25) is 0 Å². The Morgan fingerprint density at radius 1 is 0.976 bits per heavy atom. The number of alkyl carbamates (subject to hydrolysis) is 1. The average Bonchev–Trinajstić information content (AvgIpc) is 3.15. The predicted molar refractivity (Wildman–Crippen MR) is 153 cm³/mol. The molecule has 41 heavy (non-hydrogen) atoms. The molecule has 4 rings (SSSR count). The molecule has 10 heteroatoms. The maximum atomic E-state index is 14.3. The van der Waals surface area contributed by atoms with Crippen molar-refractivity contribution in [3.05, 3.63) is 0 Å². The fourth-order valence-corrected chi connectivity index (χ4v) is 7.28. The van der Waals surface area contributed by atoms with Crippen molar-refractivity contribution >= 4 is 29.6 Å². The first-order valence-corrected chi connectivity index (χ1v) is 15.4. The molecule has 4 amide bonds. The molecule has 0 spiro atoms. The summed E-state index contributed by atoms with van der Waals surface area (Å²) in [6.07, 6.45) is 6.07. The van der Waals surface area contributed by atoms with Crippen LogP contribution in [0.15, 0.2) is 0 Å². The number of carbonyl (C=O) groups excluding carboxylic acids is 5. The molecule has 3 saturated carbocycles. The lowest BCUT2D eigenvalue weighted by Gasteiger charge is -2.40. The predicted octanol–water partition coefficient (Wildman–Crippen LogP) is 3.31. The largest absolute Gasteiger partial charge is 0.444 e. The Labute approximate surface area is 244 Å². The van der Waals surface area contributed by atoms with E-state index in [1.165, 1.54) is 0 Å². The fourth-order valence-electron chi connectivity index (χ4n) is 7.28. The molecule has 1 heterocycles. The van der Waals surface area contributed by atoms with Crippen LogP contribution >= 0.6 is 0 Å². The van der Waals surface area contributed by atoms with Gasteiger partial charge in [0, 0.05) is 6.54 Å². The van der Waals surface area contributed by atoms with Gasteiger partial charge in [-0.3, -0.25) is 19.2 Å². The third kappa shape index (κ3) is 6.88. The van der Waals surface area contributed by atoms with Gasteiger partial charge in [0.1, 0.15) is 17.7 Å². The quantitative estimate of drug-likeness (QED) is 0.360. The van der Waals surface area contributed by atoms with Gasteiger partial charge in [-0.25, -0.2) is 4.79 Å². The number of ketones is 1. The van der Waals surface area contributed by atoms with E-state index in [2.05, 4.69) is 38.3 Å². The first-order valence-electron chi connectivity index (χ1n) is 15.4. The fraction of sp³-hybridized carbons (Fsp3) is 0.839. The Hall–Kier alpha value is -2.65. The number of hydrogen-bond donors (Lipinski definition) is 3. The Bertz CT molecular complexity index is 1060. The van der Waals surface area contributed by atoms with Gasteiger partial charge in [0.05, 0.1) is 6.04 Å². The van der Waals surface area contributed by atoms with Crippen molar-refractivity contribution in [3.8, 4) is 0 Å². The van der Waals surface area contributed by atoms with Gasteiger partial charge in [0.15, 0.2) is 0 Å². The van der Waals surface area contributed by atoms with E-state index in [9.17, 15) is 24.0 Å². The third-order valence-corrected chi connectivity index (χ3v) is 10.2. The molecule has 4 N–H and O–H groups in total. The summed E-state index contributed by atoms with van der Waals surface area (Å²) in [5.74, 6) is -2.37. The number of piperidine rings is 1. The molecule has 1 aliphatic heterocycles. The topological polar surface area (TPSA) is 148 Å². The van der Waals surface area contributed by atoms with Gasteiger partial charge in [-0.1, -0.05) is 47.0 Å². The molecule has 5 atom stereocenters. The number of likely N-dealkylation sites (tertiary alicyclic amines) is 1. The highest BCUT2D eigenvalue weighted by Crippen LogP contribution is 2.65. The summed E-state index contributed by atoms with van der Waals surface area (Å²) in [6.45, 7) is 14.3. The number of Topliss-reactive ketones (excluding diaryl/α,β-unsaturated/α-hetero) is 1. The van der Waals surface area contributed by atoms with Crippen LogP contribution in [0, 0.1) is 34.5 Å². The van der Waals surface area contributed by atoms with Crippen molar-refractivity contribution in [2.24, 2.45) is 40.2 Å². The number of nitrogens with zero attached hydrogens (tertiary/aromatic N) is 1. The summed E-state index contributed by atoms with van der Waals surface area (Å²) in [4.78, 5) is 67.2. The third-order valence-electron chi connectivity index (χ3n) is 10.2. The van der Waals surface area contributed by atoms with Crippen LogP contribution in [0.25, 0.3) is 0 Å². The summed E-state index contributed by atoms with van der Waals surface area (Å²) < 4.78 is 5.52. The van der Waals surface area contributed by atoms with E-state index in [0.29, 0.717) is 13.0 Å². The number of hydrogen-bond acceptors (Lipinski definition) is 6. The van der Waals surface area contributed by atoms with E-state index in [4.69, 9.17) is 10.5 Å². The minimum Gasteiger partial charge on any atom is -0.444 e. The SMILES string of the molecule is CC1(C)CCC(C(NC(=O)OC(C)(C)C)C(=O)N2CC3C(C2C(=O)NC(CC2CCC2)C(=O)C(N)=O)C3(C)C)CC1. The lowest BCUT2D eigenvalue weighted by atomic mass is 9.71. The standard InChI is InChI=1S/C31H50N4O6/c1-29(2,3)41-28(40)34-22(18-11-13-30(4,5)14-12-18)27(39)35-16-19-21(31(19,6)7)23(35)26(38)33-20(24(36)25(32)37)15-17-9-8-10-17/h17-23H,8-16H2,1-7H3,(H2,32,37)(H,33,38)(H,34,40). The summed E-state index contributed by atoms with van der Waals surface area (Å²) in [5, 5.41) is 5.70. The first kappa shape index (κ1) is 31.3. The second-order valence-electron chi connectivity index (χ2n) is 15.3. The van der Waals surface area contributed by atoms with Crippen molar-refractivity contribution in [2.75, 3.05) is 6.54 Å². The molecule has 5 unspecified atom stereocenters. The maximum absolute atomic E-state index is 14.3. The van der Waals surface area contributed by atoms with Gasteiger partial charge < -0.3 is 26.0 Å². The zero-order chi connectivity index (χ0) is 30.5. The average molecular weight is 575 g/mol. The Morgan fingerprint density at radius 3 is 2.10 bits per heavy atom. The van der Waals surface area contributed by atoms with E-state index in [1.54, 1.807) is 25.7 Å². The molecular formula is C31H50N4O6. The highest BCUT2D eigenvalue weighted by Gasteiger charge is 2.69. The van der Waals surface area contributed by atoms with Gasteiger partial charge in [0.25, 0.3) is 5.91 Å². The molecule has 0 aromatic carbocycles. The van der Waals surface area contributed by atoms with Gasteiger partial charge in [-0.05, 0) is 87.4 Å². The number of rotatable bonds is 9. The molecule has 3 aliphatic carbocycles. The second kappa shape index (κ2) is 11.2. The van der Waals surface area contributed by atoms with Crippen molar-refractivity contribution in [3.63, 3.8) is 0 Å². The first-order chi connectivity index (χ1) is 18.9. The lowest BCUT2D eigenvalue weighted by molar-refractivity contribution is -0.145. The van der Waals surface area contributed by atoms with Crippen LogP contribution < -0.4 is 16.4 Å². The molecule has 230 valence electrons. The molecule has 10 nitrogen and oxygen atoms in total. The normalized spacial score (nSPS) is 28.5. The van der Waals surface area contributed by atoms with Crippen LogP contribution in [-0.4, -0.2) is 64.8 Å². The highest BCUT2D eigenvalue weighted by molar-refractivity contribution is 6.37. The van der Waals surface area contributed by atoms with E-state index in [1.807, 2.05) is 0 Å². The lowest BCUT2D eigenvalue weighted by Crippen LogP contribution is -2.60. The Balaban J connectivity index is 1.57. The molecule has 0 aromatic rings. The smallest absolute Gasteiger partial charge is 0.408 e. The Kier molecular flexibility index (Phi) is 8.56. The van der Waals surface area contributed by atoms with E-state index < -0.39 is 47.4 Å². The number of ether oxygens (including phenoxy) is 1. The highest BCUT2D eigenvalue weighted by atomic mass is 16.6. The number of primary amides is 1. The monoisotopic (exact) mass is 574 g/mol. The van der Waals surface area contributed by atoms with Crippen molar-refractivity contribution < 1.29 is 28.7 Å². The minimum absolute atomic E-state index is 0.0769. The number of fused-ring (bicyclic) bond motifs is 1. The van der Waals surface area contributed by atoms with Crippen molar-refractivity contribution in [2.45, 2.75) is 124 Å². The molecule has 4 aliphatic rings. The zero-order valence-electron chi connectivity index (χ0n) is 25.9. The van der Waals surface area contributed by atoms with Crippen LogP contribution in [0.3, 0.4) is 0 Å². The molecule has 4 fully saturated rings. The van der Waals surface area contributed by atoms with Gasteiger partial charge >= 0.3 is 6.09 Å². The molecule has 1 saturated heterocycles. The minimum atomic E-state index is -1.07. The van der Waals surface area contributed by atoms with E-state index in [0.717, 1.165) is 44.9 Å². The number of nitrogens with one attached hydrogen (secondary N) is 2. The van der Waals surface area contributed by atoms with Gasteiger partial charge in [-0.15, -0.1) is 0 Å². The Morgan fingerprint density at radius 2 is 1.59 bits per heavy atom. The molecule has 0 radical (unpaired) electrons. The van der Waals surface area contributed by atoms with Gasteiger partial charge in [-0.2, -0.15) is 0 Å². The van der Waals surface area contributed by atoms with E-state index >= 15 is 0 Å². The van der Waals surface area contributed by atoms with Crippen LogP contribution in [0.5, 0.6) is 0 Å². The molecular weight excluding hydrogens is 524 g/mol. The molecule has 0 bridgehead atoms. The summed E-state index contributed by atoms with van der Waals surface area (Å²) in [6, 6.07) is -2.62. The summed E-state index contributed by atoms with van der Waals surface area (Å²) >= 11 is 0. The maximum Gasteiger partial charge on any atom is 0.408 e. The zero-order valence-corrected chi connectivity index (χ0v) is 25.9. The number of nitrogens with two attached hydrogens (primary N) is 1. The molecule has 0 aromatic heterocycles.